The van der Waals surface area contributed by atoms with E-state index in [1.165, 1.54) is 16.2 Å². The predicted molar refractivity (Wildman–Crippen MR) is 143 cm³/mol. The Labute approximate surface area is 222 Å². The summed E-state index contributed by atoms with van der Waals surface area (Å²) in [6, 6.07) is 14.4. The maximum Gasteiger partial charge on any atom is 0.326 e. The van der Waals surface area contributed by atoms with Gasteiger partial charge in [-0.1, -0.05) is 35.5 Å². The van der Waals surface area contributed by atoms with Crippen molar-refractivity contribution in [3.8, 4) is 16.9 Å². The van der Waals surface area contributed by atoms with Crippen LogP contribution < -0.4 is 10.1 Å². The first-order valence-corrected chi connectivity index (χ1v) is 13.0. The molecule has 3 N–H and O–H groups in total. The molecule has 194 valence electrons. The molecule has 38 heavy (non-hydrogen) atoms. The van der Waals surface area contributed by atoms with Crippen LogP contribution in [0.2, 0.25) is 0 Å². The molecule has 2 amide bonds. The zero-order valence-electron chi connectivity index (χ0n) is 20.3. The Kier molecular flexibility index (Phi) is 7.23. The summed E-state index contributed by atoms with van der Waals surface area (Å²) in [5.74, 6) is -1.21. The normalized spacial score (nSPS) is 17.0. The average Bonchev–Trinajstić information content (AvgIpc) is 3.66. The summed E-state index contributed by atoms with van der Waals surface area (Å²) in [4.78, 5) is 38.2. The molecule has 10 heteroatoms. The largest absolute Gasteiger partial charge is 0.490 e. The van der Waals surface area contributed by atoms with Crippen molar-refractivity contribution in [1.82, 2.24) is 10.2 Å². The van der Waals surface area contributed by atoms with E-state index in [1.807, 2.05) is 42.5 Å². The maximum absolute atomic E-state index is 12.7. The summed E-state index contributed by atoms with van der Waals surface area (Å²) >= 11 is 1.25. The van der Waals surface area contributed by atoms with Crippen LogP contribution >= 0.6 is 11.3 Å². The molecule has 1 atom stereocenters. The molecule has 1 aliphatic carbocycles. The molecule has 0 bridgehead atoms. The van der Waals surface area contributed by atoms with Crippen LogP contribution in [0.3, 0.4) is 0 Å². The van der Waals surface area contributed by atoms with Crippen molar-refractivity contribution in [1.29, 1.82) is 0 Å². The number of aliphatic carboxylic acids is 1. The van der Waals surface area contributed by atoms with Gasteiger partial charge in [-0.3, -0.25) is 9.59 Å². The smallest absolute Gasteiger partial charge is 0.326 e. The highest BCUT2D eigenvalue weighted by Gasteiger charge is 2.34. The van der Waals surface area contributed by atoms with E-state index in [-0.39, 0.29) is 13.2 Å². The fourth-order valence-electron chi connectivity index (χ4n) is 4.84. The molecule has 9 nitrogen and oxygen atoms in total. The van der Waals surface area contributed by atoms with Crippen LogP contribution in [0.4, 0.5) is 0 Å². The Bertz CT molecular complexity index is 1460. The van der Waals surface area contributed by atoms with E-state index >= 15 is 0 Å². The molecule has 1 saturated heterocycles. The van der Waals surface area contributed by atoms with Gasteiger partial charge in [0.2, 0.25) is 5.91 Å². The van der Waals surface area contributed by atoms with E-state index in [9.17, 15) is 24.7 Å². The van der Waals surface area contributed by atoms with E-state index < -0.39 is 23.8 Å². The molecule has 2 heterocycles. The minimum Gasteiger partial charge on any atom is -0.490 e. The van der Waals surface area contributed by atoms with Crippen LogP contribution in [-0.4, -0.2) is 64.4 Å². The van der Waals surface area contributed by atoms with E-state index in [0.29, 0.717) is 41.3 Å². The number of hydrogen-bond donors (Lipinski definition) is 3. The number of nitrogens with one attached hydrogen (secondary N) is 1. The Morgan fingerprint density at radius 2 is 1.89 bits per heavy atom. The van der Waals surface area contributed by atoms with Crippen molar-refractivity contribution < 1.29 is 29.4 Å². The number of hydrogen-bond acceptors (Lipinski definition) is 7. The van der Waals surface area contributed by atoms with Gasteiger partial charge in [-0.15, -0.1) is 11.3 Å². The summed E-state index contributed by atoms with van der Waals surface area (Å²) in [7, 11) is 0. The molecule has 1 aliphatic heterocycles. The lowest BCUT2D eigenvalue weighted by Gasteiger charge is -2.21. The van der Waals surface area contributed by atoms with Gasteiger partial charge < -0.3 is 25.3 Å². The Morgan fingerprint density at radius 3 is 2.68 bits per heavy atom. The summed E-state index contributed by atoms with van der Waals surface area (Å²) < 4.78 is 5.87. The Hall–Kier alpha value is -4.44. The van der Waals surface area contributed by atoms with Crippen LogP contribution in [0.5, 0.6) is 5.75 Å². The summed E-state index contributed by atoms with van der Waals surface area (Å²) in [5.41, 5.74) is 4.85. The van der Waals surface area contributed by atoms with Gasteiger partial charge in [-0.2, -0.15) is 0 Å². The molecule has 2 aliphatic rings. The molecule has 0 spiro atoms. The van der Waals surface area contributed by atoms with Crippen molar-refractivity contribution in [2.75, 3.05) is 19.7 Å². The third-order valence-corrected chi connectivity index (χ3v) is 7.55. The van der Waals surface area contributed by atoms with Crippen LogP contribution in [0.15, 0.2) is 65.1 Å². The summed E-state index contributed by atoms with van der Waals surface area (Å²) in [6.45, 7) is 0.371. The van der Waals surface area contributed by atoms with E-state index in [0.717, 1.165) is 22.3 Å². The molecule has 3 aromatic rings. The van der Waals surface area contributed by atoms with Crippen LogP contribution in [0.1, 0.15) is 39.2 Å². The minimum atomic E-state index is -1.03. The molecular weight excluding hydrogens is 506 g/mol. The molecule has 1 fully saturated rings. The Morgan fingerprint density at radius 1 is 1.11 bits per heavy atom. The van der Waals surface area contributed by atoms with Gasteiger partial charge in [0.05, 0.1) is 11.4 Å². The van der Waals surface area contributed by atoms with Crippen molar-refractivity contribution in [3.63, 3.8) is 0 Å². The van der Waals surface area contributed by atoms with Crippen LogP contribution in [-0.2, 0) is 9.59 Å². The molecule has 1 unspecified atom stereocenters. The lowest BCUT2D eigenvalue weighted by molar-refractivity contribution is -0.147. The predicted octanol–water partition coefficient (Wildman–Crippen LogP) is 3.85. The average molecular weight is 532 g/mol. The van der Waals surface area contributed by atoms with Gasteiger partial charge in [-0.25, -0.2) is 4.79 Å². The fourth-order valence-corrected chi connectivity index (χ4v) is 5.64. The van der Waals surface area contributed by atoms with Crippen molar-refractivity contribution in [2.24, 2.45) is 5.16 Å². The number of rotatable bonds is 8. The number of carboxylic acids is 1. The van der Waals surface area contributed by atoms with Gasteiger partial charge >= 0.3 is 5.97 Å². The minimum absolute atomic E-state index is 0.248. The van der Waals surface area contributed by atoms with E-state index in [1.54, 1.807) is 23.6 Å². The second kappa shape index (κ2) is 10.9. The van der Waals surface area contributed by atoms with Gasteiger partial charge in [0, 0.05) is 17.7 Å². The number of likely N-dealkylation sites (tertiary alicyclic amines) is 1. The fraction of sp³-hybridized carbons (Fsp3) is 0.214. The first-order chi connectivity index (χ1) is 18.5. The monoisotopic (exact) mass is 531 g/mol. The summed E-state index contributed by atoms with van der Waals surface area (Å²) in [6.07, 6.45) is 4.62. The quantitative estimate of drug-likeness (QED) is 0.234. The highest BCUT2D eigenvalue weighted by atomic mass is 32.1. The van der Waals surface area contributed by atoms with E-state index in [4.69, 9.17) is 4.74 Å². The third-order valence-electron chi connectivity index (χ3n) is 6.62. The standard InChI is InChI=1S/C28H25N3O6S/c32-24(31-12-3-8-23(31)28(34)35)16-29-27(33)26-17(11-14-38-26)5-4-13-37-18-9-10-20-19-6-1-2-7-21(19)25(30-36)22(20)15-18/h1-2,4-7,9-11,14-15,23,36H,3,8,12-13,16H2,(H,29,33)(H,34,35)/b5-4+,30-25-. The number of ether oxygens (including phenoxy) is 1. The highest BCUT2D eigenvalue weighted by molar-refractivity contribution is 7.12. The van der Waals surface area contributed by atoms with Gasteiger partial charge in [0.25, 0.3) is 5.91 Å². The summed E-state index contributed by atoms with van der Waals surface area (Å²) in [5, 5.41) is 26.7. The molecular formula is C28H25N3O6S. The second-order valence-corrected chi connectivity index (χ2v) is 9.80. The molecule has 2 aromatic carbocycles. The number of carbonyl (C=O) groups is 3. The highest BCUT2D eigenvalue weighted by Crippen LogP contribution is 2.38. The van der Waals surface area contributed by atoms with E-state index in [2.05, 4.69) is 10.5 Å². The lowest BCUT2D eigenvalue weighted by atomic mass is 10.1. The number of carboxylic acid groups (broad SMARTS) is 1. The second-order valence-electron chi connectivity index (χ2n) is 8.89. The van der Waals surface area contributed by atoms with Crippen molar-refractivity contribution in [3.05, 3.63) is 81.6 Å². The van der Waals surface area contributed by atoms with Crippen LogP contribution in [0, 0.1) is 0 Å². The maximum atomic E-state index is 12.7. The number of oxime groups is 1. The van der Waals surface area contributed by atoms with Gasteiger partial charge in [0.1, 0.15) is 24.1 Å². The number of nitrogens with zero attached hydrogens (tertiary/aromatic N) is 2. The van der Waals surface area contributed by atoms with Gasteiger partial charge in [-0.05, 0) is 65.3 Å². The number of benzene rings is 2. The molecule has 5 rings (SSSR count). The third kappa shape index (κ3) is 4.90. The number of fused-ring (bicyclic) bond motifs is 3. The molecule has 0 radical (unpaired) electrons. The zero-order valence-corrected chi connectivity index (χ0v) is 21.1. The molecule has 1 aromatic heterocycles. The van der Waals surface area contributed by atoms with Crippen molar-refractivity contribution >= 4 is 40.9 Å². The SMILES string of the molecule is O=C(NCC(=O)N1CCCC1C(=O)O)c1sccc1/C=C/COc1ccc2c(c1)/C(=N\O)c1ccccc1-2. The lowest BCUT2D eigenvalue weighted by Crippen LogP contribution is -2.45. The van der Waals surface area contributed by atoms with Crippen molar-refractivity contribution in [2.45, 2.75) is 18.9 Å². The van der Waals surface area contributed by atoms with Crippen LogP contribution in [0.25, 0.3) is 17.2 Å². The number of amides is 2. The Balaban J connectivity index is 1.17. The van der Waals surface area contributed by atoms with Gasteiger partial charge in [0.15, 0.2) is 0 Å². The zero-order chi connectivity index (χ0) is 26.6. The first kappa shape index (κ1) is 25.2. The first-order valence-electron chi connectivity index (χ1n) is 12.1. The number of thiophene rings is 1. The topological polar surface area (TPSA) is 129 Å². The number of carbonyl (C=O) groups excluding carboxylic acids is 2. The molecule has 0 saturated carbocycles.